The summed E-state index contributed by atoms with van der Waals surface area (Å²) in [5, 5.41) is 0. The van der Waals surface area contributed by atoms with Crippen molar-refractivity contribution < 1.29 is 43.2 Å². The molecule has 0 radical (unpaired) electrons. The minimum atomic E-state index is -6.73. The molecule has 4 nitrogen and oxygen atoms in total. The van der Waals surface area contributed by atoms with Crippen LogP contribution in [-0.2, 0) is 19.7 Å². The minimum Gasteiger partial charge on any atom is -0.214 e. The molecule has 1 aromatic carbocycles. The molecule has 1 rings (SSSR count). The van der Waals surface area contributed by atoms with E-state index in [0.29, 0.717) is 5.56 Å². The van der Waals surface area contributed by atoms with Gasteiger partial charge in [-0.05, 0) is 18.6 Å². The summed E-state index contributed by atoms with van der Waals surface area (Å²) in [5.41, 5.74) is -12.3. The first-order valence-electron chi connectivity index (χ1n) is 5.52. The Morgan fingerprint density at radius 1 is 0.826 bits per heavy atom. The van der Waals surface area contributed by atoms with E-state index in [2.05, 4.69) is 0 Å². The van der Waals surface area contributed by atoms with Crippen LogP contribution in [0.25, 0.3) is 6.08 Å². The van der Waals surface area contributed by atoms with Crippen LogP contribution in [0.5, 0.6) is 0 Å². The zero-order chi connectivity index (χ0) is 18.3. The van der Waals surface area contributed by atoms with E-state index in [9.17, 15) is 43.2 Å². The Bertz CT molecular complexity index is 769. The monoisotopic (exact) mass is 382 g/mol. The van der Waals surface area contributed by atoms with Gasteiger partial charge in [0.1, 0.15) is 0 Å². The molecule has 0 spiro atoms. The lowest BCUT2D eigenvalue weighted by molar-refractivity contribution is -0.0443. The Morgan fingerprint density at radius 2 is 1.17 bits per heavy atom. The average molecular weight is 382 g/mol. The van der Waals surface area contributed by atoms with Gasteiger partial charge in [-0.15, -0.1) is 0 Å². The highest BCUT2D eigenvalue weighted by Gasteiger charge is 2.59. The third kappa shape index (κ3) is 3.86. The predicted octanol–water partition coefficient (Wildman–Crippen LogP) is 3.16. The van der Waals surface area contributed by atoms with E-state index in [0.717, 1.165) is 12.1 Å². The van der Waals surface area contributed by atoms with E-state index in [1.807, 2.05) is 0 Å². The van der Waals surface area contributed by atoms with Crippen molar-refractivity contribution in [3.8, 4) is 0 Å². The molecule has 0 saturated heterocycles. The molecule has 130 valence electrons. The molecule has 0 amide bonds. The summed E-state index contributed by atoms with van der Waals surface area (Å²) in [6.07, 6.45) is -0.176. The van der Waals surface area contributed by atoms with E-state index in [1.54, 1.807) is 6.92 Å². The molecule has 0 heterocycles. The Labute approximate surface area is 127 Å². The number of hydrogen-bond donors (Lipinski definition) is 0. The van der Waals surface area contributed by atoms with Gasteiger partial charge in [-0.2, -0.15) is 26.3 Å². The number of benzene rings is 1. The maximum Gasteiger partial charge on any atom is 0.502 e. The van der Waals surface area contributed by atoms with Crippen LogP contribution >= 0.6 is 0 Å². The number of hydrogen-bond acceptors (Lipinski definition) is 4. The topological polar surface area (TPSA) is 68.3 Å². The van der Waals surface area contributed by atoms with Crippen LogP contribution < -0.4 is 0 Å². The van der Waals surface area contributed by atoms with Crippen LogP contribution in [0.1, 0.15) is 11.1 Å². The zero-order valence-corrected chi connectivity index (χ0v) is 12.7. The number of sulfone groups is 2. The average Bonchev–Trinajstić information content (AvgIpc) is 2.34. The first-order valence-corrected chi connectivity index (χ1v) is 8.48. The number of rotatable bonds is 3. The third-order valence-corrected chi connectivity index (χ3v) is 6.33. The summed E-state index contributed by atoms with van der Waals surface area (Å²) in [6.45, 7) is 1.55. The summed E-state index contributed by atoms with van der Waals surface area (Å²) in [5.74, 6) is 0. The minimum absolute atomic E-state index is 0.176. The molecule has 0 N–H and O–H groups in total. The molecule has 1 aromatic rings. The van der Waals surface area contributed by atoms with Gasteiger partial charge >= 0.3 is 11.0 Å². The van der Waals surface area contributed by atoms with Crippen LogP contribution in [-0.4, -0.2) is 27.9 Å². The van der Waals surface area contributed by atoms with Crippen LogP contribution in [0, 0.1) is 6.92 Å². The maximum absolute atomic E-state index is 12.5. The molecule has 0 aliphatic heterocycles. The smallest absolute Gasteiger partial charge is 0.214 e. The molecule has 23 heavy (non-hydrogen) atoms. The molecule has 0 bridgehead atoms. The van der Waals surface area contributed by atoms with Crippen molar-refractivity contribution >= 4 is 25.8 Å². The summed E-state index contributed by atoms with van der Waals surface area (Å²) in [7, 11) is -13.5. The fourth-order valence-electron chi connectivity index (χ4n) is 1.33. The Kier molecular flexibility index (Phi) is 4.93. The summed E-state index contributed by atoms with van der Waals surface area (Å²) >= 11 is 0. The summed E-state index contributed by atoms with van der Waals surface area (Å²) in [6, 6.07) is 4.47. The van der Waals surface area contributed by atoms with Crippen LogP contribution in [0.3, 0.4) is 0 Å². The van der Waals surface area contributed by atoms with Gasteiger partial charge in [0.25, 0.3) is 19.7 Å². The van der Waals surface area contributed by atoms with E-state index in [-0.39, 0.29) is 6.08 Å². The summed E-state index contributed by atoms with van der Waals surface area (Å²) < 4.78 is 117. The van der Waals surface area contributed by atoms with Gasteiger partial charge in [0.15, 0.2) is 4.24 Å². The van der Waals surface area contributed by atoms with Gasteiger partial charge in [0.2, 0.25) is 0 Å². The quantitative estimate of drug-likeness (QED) is 0.753. The van der Waals surface area contributed by atoms with E-state index >= 15 is 0 Å². The molecular formula is C11H8F6O4S2. The van der Waals surface area contributed by atoms with E-state index in [4.69, 9.17) is 0 Å². The molecular weight excluding hydrogens is 374 g/mol. The number of halogens is 6. The maximum atomic E-state index is 12.5. The van der Waals surface area contributed by atoms with Gasteiger partial charge in [0.05, 0.1) is 0 Å². The molecule has 0 aliphatic carbocycles. The van der Waals surface area contributed by atoms with Gasteiger partial charge in [-0.3, -0.25) is 0 Å². The standard InChI is InChI=1S/C11H8F6O4S2/c1-7-2-4-8(5-3-7)6-9(22(18,19)10(12,13)14)23(20,21)11(15,16)17/h2-6H,1H3. The number of aryl methyl sites for hydroxylation is 1. The lowest BCUT2D eigenvalue weighted by atomic mass is 10.1. The first-order chi connectivity index (χ1) is 10.1. The number of alkyl halides is 6. The fraction of sp³-hybridized carbons (Fsp3) is 0.273. The van der Waals surface area contributed by atoms with Crippen LogP contribution in [0.2, 0.25) is 0 Å². The molecule has 0 aliphatic rings. The highest BCUT2D eigenvalue weighted by Crippen LogP contribution is 2.39. The second-order valence-electron chi connectivity index (χ2n) is 4.27. The van der Waals surface area contributed by atoms with Crippen molar-refractivity contribution in [2.75, 3.05) is 0 Å². The van der Waals surface area contributed by atoms with Gasteiger partial charge < -0.3 is 0 Å². The lowest BCUT2D eigenvalue weighted by Gasteiger charge is -2.14. The lowest BCUT2D eigenvalue weighted by Crippen LogP contribution is -2.34. The zero-order valence-electron chi connectivity index (χ0n) is 11.1. The Morgan fingerprint density at radius 3 is 1.48 bits per heavy atom. The van der Waals surface area contributed by atoms with Gasteiger partial charge in [-0.1, -0.05) is 29.8 Å². The molecule has 0 fully saturated rings. The van der Waals surface area contributed by atoms with Gasteiger partial charge in [-0.25, -0.2) is 16.8 Å². The predicted molar refractivity (Wildman–Crippen MR) is 69.1 cm³/mol. The SMILES string of the molecule is Cc1ccc(C=C(S(=O)(=O)C(F)(F)F)S(=O)(=O)C(F)(F)F)cc1. The Balaban J connectivity index is 3.75. The second-order valence-corrected chi connectivity index (χ2v) is 8.35. The van der Waals surface area contributed by atoms with Crippen molar-refractivity contribution in [2.24, 2.45) is 0 Å². The highest BCUT2D eigenvalue weighted by atomic mass is 32.3. The van der Waals surface area contributed by atoms with Gasteiger partial charge in [0, 0.05) is 0 Å². The molecule has 12 heteroatoms. The van der Waals surface area contributed by atoms with Crippen molar-refractivity contribution in [3.63, 3.8) is 0 Å². The van der Waals surface area contributed by atoms with Crippen molar-refractivity contribution in [1.82, 2.24) is 0 Å². The van der Waals surface area contributed by atoms with Crippen molar-refractivity contribution in [3.05, 3.63) is 39.6 Å². The first kappa shape index (κ1) is 19.5. The fourth-order valence-corrected chi connectivity index (χ4v) is 4.09. The molecule has 0 atom stereocenters. The highest BCUT2D eigenvalue weighted by molar-refractivity contribution is 8.15. The third-order valence-electron chi connectivity index (χ3n) is 2.50. The van der Waals surface area contributed by atoms with Crippen LogP contribution in [0.4, 0.5) is 26.3 Å². The van der Waals surface area contributed by atoms with Crippen molar-refractivity contribution in [2.45, 2.75) is 17.9 Å². The Hall–Kier alpha value is -1.56. The molecule has 0 unspecified atom stereocenters. The van der Waals surface area contributed by atoms with E-state index in [1.165, 1.54) is 12.1 Å². The molecule has 0 saturated carbocycles. The largest absolute Gasteiger partial charge is 0.502 e. The normalized spacial score (nSPS) is 13.7. The van der Waals surface area contributed by atoms with Crippen molar-refractivity contribution in [1.29, 1.82) is 0 Å². The van der Waals surface area contributed by atoms with E-state index < -0.39 is 40.5 Å². The molecule has 0 aromatic heterocycles. The second kappa shape index (κ2) is 5.82. The summed E-state index contributed by atoms with van der Waals surface area (Å²) in [4.78, 5) is 0. The van der Waals surface area contributed by atoms with Crippen LogP contribution in [0.15, 0.2) is 28.5 Å².